The number of carbonyl (C=O) groups is 3. The van der Waals surface area contributed by atoms with E-state index in [4.69, 9.17) is 4.74 Å². The summed E-state index contributed by atoms with van der Waals surface area (Å²) in [7, 11) is 5.14. The molecule has 0 aromatic heterocycles. The van der Waals surface area contributed by atoms with Crippen LogP contribution in [0, 0.1) is 0 Å². The molecule has 1 fully saturated rings. The van der Waals surface area contributed by atoms with Gasteiger partial charge in [-0.15, -0.1) is 24.8 Å². The van der Waals surface area contributed by atoms with Crippen LogP contribution < -0.4 is 5.32 Å². The molecule has 2 aromatic carbocycles. The van der Waals surface area contributed by atoms with Crippen molar-refractivity contribution < 1.29 is 19.1 Å². The molecule has 0 unspecified atom stereocenters. The summed E-state index contributed by atoms with van der Waals surface area (Å²) in [5, 5.41) is 5.18. The van der Waals surface area contributed by atoms with Gasteiger partial charge in [-0.2, -0.15) is 11.8 Å². The highest BCUT2D eigenvalue weighted by molar-refractivity contribution is 7.98. The Morgan fingerprint density at radius 1 is 1.10 bits per heavy atom. The minimum Gasteiger partial charge on any atom is -0.467 e. The Bertz CT molecular complexity index is 1070. The van der Waals surface area contributed by atoms with E-state index in [9.17, 15) is 14.4 Å². The fourth-order valence-electron chi connectivity index (χ4n) is 4.94. The van der Waals surface area contributed by atoms with Crippen LogP contribution in [0.15, 0.2) is 42.5 Å². The molecule has 39 heavy (non-hydrogen) atoms. The maximum absolute atomic E-state index is 13.2. The summed E-state index contributed by atoms with van der Waals surface area (Å²) in [6.07, 6.45) is 4.34. The van der Waals surface area contributed by atoms with Gasteiger partial charge in [-0.05, 0) is 61.7 Å². The summed E-state index contributed by atoms with van der Waals surface area (Å²) in [6.45, 7) is 2.39. The molecule has 218 valence electrons. The number of carbonyl (C=O) groups excluding carboxylic acids is 3. The van der Waals surface area contributed by atoms with Gasteiger partial charge in [0.15, 0.2) is 0 Å². The van der Waals surface area contributed by atoms with Crippen molar-refractivity contribution in [1.82, 2.24) is 20.0 Å². The maximum atomic E-state index is 13.2. The molecule has 0 aliphatic carbocycles. The van der Waals surface area contributed by atoms with Gasteiger partial charge in [0.1, 0.15) is 6.04 Å². The number of hydrogen-bond acceptors (Lipinski definition) is 7. The first-order valence-electron chi connectivity index (χ1n) is 12.8. The van der Waals surface area contributed by atoms with E-state index >= 15 is 0 Å². The molecule has 11 heteroatoms. The predicted molar refractivity (Wildman–Crippen MR) is 164 cm³/mol. The van der Waals surface area contributed by atoms with Crippen LogP contribution in [0.5, 0.6) is 0 Å². The number of nitrogens with one attached hydrogen (secondary N) is 1. The number of halogens is 2. The van der Waals surface area contributed by atoms with E-state index in [-0.39, 0.29) is 49.2 Å². The van der Waals surface area contributed by atoms with E-state index in [1.807, 2.05) is 48.4 Å². The van der Waals surface area contributed by atoms with Crippen molar-refractivity contribution >= 4 is 65.1 Å². The van der Waals surface area contributed by atoms with E-state index in [1.54, 1.807) is 11.8 Å². The number of amides is 2. The van der Waals surface area contributed by atoms with Crippen molar-refractivity contribution in [3.63, 3.8) is 0 Å². The Hall–Kier alpha value is -2.04. The molecule has 1 heterocycles. The van der Waals surface area contributed by atoms with Crippen molar-refractivity contribution in [2.75, 3.05) is 59.4 Å². The fourth-order valence-corrected chi connectivity index (χ4v) is 5.41. The monoisotopic (exact) mass is 600 g/mol. The number of fused-ring (bicyclic) bond motifs is 1. The summed E-state index contributed by atoms with van der Waals surface area (Å²) in [4.78, 5) is 44.3. The molecule has 1 saturated heterocycles. The first kappa shape index (κ1) is 35.0. The van der Waals surface area contributed by atoms with Gasteiger partial charge in [0.2, 0.25) is 11.8 Å². The van der Waals surface area contributed by atoms with Crippen LogP contribution in [0.25, 0.3) is 10.8 Å². The van der Waals surface area contributed by atoms with Crippen molar-refractivity contribution in [1.29, 1.82) is 0 Å². The van der Waals surface area contributed by atoms with E-state index in [2.05, 4.69) is 34.5 Å². The number of likely N-dealkylation sites (N-methyl/N-ethyl adjacent to an activating group) is 1. The highest BCUT2D eigenvalue weighted by Crippen LogP contribution is 2.23. The predicted octanol–water partition coefficient (Wildman–Crippen LogP) is 3.45. The standard InChI is InChI=1S/C28H40N4O4S.2ClH/c1-30(2)20-27(34)32-15-8-12-23(32)18-31(17-22-11-7-10-21-9-5-6-13-24(21)22)19-26(33)29-25(14-16-37-4)28(35)36-3;;/h5-7,9-11,13,23,25H,8,12,14-20H2,1-4H3,(H,29,33);2*1H/t23-,25-;;/m0../s1. The summed E-state index contributed by atoms with van der Waals surface area (Å²) < 4.78 is 4.91. The molecule has 0 saturated carbocycles. The Morgan fingerprint density at radius 3 is 2.51 bits per heavy atom. The average molecular weight is 602 g/mol. The largest absolute Gasteiger partial charge is 0.467 e. The first-order valence-corrected chi connectivity index (χ1v) is 14.2. The number of ether oxygens (including phenoxy) is 1. The molecule has 3 rings (SSSR count). The molecular weight excluding hydrogens is 559 g/mol. The molecule has 2 aromatic rings. The SMILES string of the molecule is COC(=O)[C@H](CCSC)NC(=O)CN(Cc1cccc2ccccc12)C[C@@H]1CCCN1C(=O)CN(C)C.Cl.Cl. The van der Waals surface area contributed by atoms with Crippen LogP contribution in [0.2, 0.25) is 0 Å². The van der Waals surface area contributed by atoms with Crippen molar-refractivity contribution in [3.05, 3.63) is 48.0 Å². The number of benzene rings is 2. The third-order valence-electron chi connectivity index (χ3n) is 6.69. The Kier molecular flexibility index (Phi) is 15.8. The third-order valence-corrected chi connectivity index (χ3v) is 7.33. The number of hydrogen-bond donors (Lipinski definition) is 1. The van der Waals surface area contributed by atoms with Gasteiger partial charge < -0.3 is 19.9 Å². The number of rotatable bonds is 13. The van der Waals surface area contributed by atoms with E-state index < -0.39 is 12.0 Å². The van der Waals surface area contributed by atoms with Gasteiger partial charge in [-0.3, -0.25) is 14.5 Å². The quantitative estimate of drug-likeness (QED) is 0.353. The summed E-state index contributed by atoms with van der Waals surface area (Å²) in [5.41, 5.74) is 1.13. The zero-order valence-electron chi connectivity index (χ0n) is 23.3. The van der Waals surface area contributed by atoms with Crippen LogP contribution in [-0.2, 0) is 25.7 Å². The van der Waals surface area contributed by atoms with Crippen LogP contribution in [0.3, 0.4) is 0 Å². The molecule has 1 aliphatic rings. The van der Waals surface area contributed by atoms with Crippen LogP contribution >= 0.6 is 36.6 Å². The van der Waals surface area contributed by atoms with Crippen LogP contribution in [0.1, 0.15) is 24.8 Å². The van der Waals surface area contributed by atoms with Crippen molar-refractivity contribution in [3.8, 4) is 0 Å². The molecular formula is C28H42Cl2N4O4S. The third kappa shape index (κ3) is 10.5. The second-order valence-electron chi connectivity index (χ2n) is 9.85. The first-order chi connectivity index (χ1) is 17.8. The van der Waals surface area contributed by atoms with Crippen LogP contribution in [0.4, 0.5) is 0 Å². The molecule has 8 nitrogen and oxygen atoms in total. The smallest absolute Gasteiger partial charge is 0.328 e. The number of esters is 1. The molecule has 1 N–H and O–H groups in total. The topological polar surface area (TPSA) is 82.2 Å². The molecule has 1 aliphatic heterocycles. The van der Waals surface area contributed by atoms with Gasteiger partial charge in [-0.1, -0.05) is 42.5 Å². The van der Waals surface area contributed by atoms with Gasteiger partial charge in [-0.25, -0.2) is 4.79 Å². The highest BCUT2D eigenvalue weighted by Gasteiger charge is 2.31. The lowest BCUT2D eigenvalue weighted by atomic mass is 10.0. The van der Waals surface area contributed by atoms with E-state index in [0.717, 1.165) is 41.5 Å². The van der Waals surface area contributed by atoms with Gasteiger partial charge in [0, 0.05) is 25.7 Å². The number of likely N-dealkylation sites (tertiary alicyclic amines) is 1. The number of methoxy groups -OCH3 is 1. The fraction of sp³-hybridized carbons (Fsp3) is 0.536. The van der Waals surface area contributed by atoms with Crippen LogP contribution in [-0.4, -0.2) is 104 Å². The van der Waals surface area contributed by atoms with Gasteiger partial charge >= 0.3 is 5.97 Å². The molecule has 0 bridgehead atoms. The molecule has 0 radical (unpaired) electrons. The minimum atomic E-state index is -0.672. The normalized spacial score (nSPS) is 15.5. The molecule has 0 spiro atoms. The van der Waals surface area contributed by atoms with Crippen molar-refractivity contribution in [2.45, 2.75) is 37.9 Å². The second kappa shape index (κ2) is 17.6. The van der Waals surface area contributed by atoms with E-state index in [0.29, 0.717) is 26.1 Å². The summed E-state index contributed by atoms with van der Waals surface area (Å²) in [6, 6.07) is 13.8. The zero-order chi connectivity index (χ0) is 26.8. The molecule has 2 atom stereocenters. The number of nitrogens with zero attached hydrogens (tertiary/aromatic N) is 3. The Labute approximate surface area is 249 Å². The van der Waals surface area contributed by atoms with Gasteiger partial charge in [0.05, 0.1) is 20.2 Å². The zero-order valence-corrected chi connectivity index (χ0v) is 25.7. The Morgan fingerprint density at radius 2 is 1.82 bits per heavy atom. The number of thioether (sulfide) groups is 1. The minimum absolute atomic E-state index is 0. The maximum Gasteiger partial charge on any atom is 0.328 e. The van der Waals surface area contributed by atoms with Gasteiger partial charge in [0.25, 0.3) is 0 Å². The lowest BCUT2D eigenvalue weighted by molar-refractivity contribution is -0.145. The summed E-state index contributed by atoms with van der Waals surface area (Å²) in [5.74, 6) is 0.204. The van der Waals surface area contributed by atoms with E-state index in [1.165, 1.54) is 7.11 Å². The summed E-state index contributed by atoms with van der Waals surface area (Å²) >= 11 is 1.62. The highest BCUT2D eigenvalue weighted by atomic mass is 35.5. The average Bonchev–Trinajstić information content (AvgIpc) is 3.34. The second-order valence-corrected chi connectivity index (χ2v) is 10.8. The van der Waals surface area contributed by atoms with Crippen molar-refractivity contribution in [2.24, 2.45) is 0 Å². The lowest BCUT2D eigenvalue weighted by Crippen LogP contribution is -2.50. The lowest BCUT2D eigenvalue weighted by Gasteiger charge is -2.32. The Balaban J connectivity index is 0.00000380. The molecule has 2 amide bonds.